The van der Waals surface area contributed by atoms with E-state index in [2.05, 4.69) is 4.98 Å². The van der Waals surface area contributed by atoms with Crippen molar-refractivity contribution in [1.82, 2.24) is 10.1 Å². The van der Waals surface area contributed by atoms with Gasteiger partial charge >= 0.3 is 0 Å². The molecule has 1 aromatic heterocycles. The van der Waals surface area contributed by atoms with Gasteiger partial charge in [0.25, 0.3) is 0 Å². The molecule has 0 aromatic carbocycles. The van der Waals surface area contributed by atoms with Gasteiger partial charge in [-0.15, -0.1) is 0 Å². The van der Waals surface area contributed by atoms with E-state index in [9.17, 15) is 4.48 Å². The highest BCUT2D eigenvalue weighted by Crippen LogP contribution is 2.32. The van der Waals surface area contributed by atoms with Gasteiger partial charge < -0.3 is 4.98 Å². The molecule has 0 bridgehead atoms. The zero-order chi connectivity index (χ0) is 7.84. The van der Waals surface area contributed by atoms with Gasteiger partial charge in [-0.3, -0.25) is 0 Å². The Morgan fingerprint density at radius 1 is 1.64 bits per heavy atom. The third-order valence-electron chi connectivity index (χ3n) is 1.67. The maximum atomic E-state index is 12.7. The maximum Gasteiger partial charge on any atom is 0.161 e. The molecule has 11 heavy (non-hydrogen) atoms. The molecule has 1 aromatic rings. The Morgan fingerprint density at radius 2 is 2.45 bits per heavy atom. The number of halogens is 2. The van der Waals surface area contributed by atoms with Crippen LogP contribution in [-0.4, -0.2) is 10.1 Å². The molecule has 1 unspecified atom stereocenters. The van der Waals surface area contributed by atoms with E-state index in [1.807, 2.05) is 0 Å². The summed E-state index contributed by atoms with van der Waals surface area (Å²) in [4.78, 5) is 2.94. The van der Waals surface area contributed by atoms with Crippen molar-refractivity contribution >= 4 is 17.7 Å². The number of H-pyrrole nitrogens is 1. The Kier molecular flexibility index (Phi) is 1.39. The normalized spacial score (nSPS) is 22.0. The van der Waals surface area contributed by atoms with Gasteiger partial charge in [-0.1, -0.05) is 16.1 Å². The van der Waals surface area contributed by atoms with Crippen LogP contribution >= 0.6 is 11.6 Å². The summed E-state index contributed by atoms with van der Waals surface area (Å²) in [6.07, 6.45) is 4.69. The molecule has 0 radical (unpaired) electrons. The minimum absolute atomic E-state index is 0.470. The van der Waals surface area contributed by atoms with Gasteiger partial charge in [0.1, 0.15) is 0 Å². The fraction of sp³-hybridized carbons (Fsp3) is 0.143. The maximum absolute atomic E-state index is 12.7. The molecule has 1 aliphatic rings. The first-order valence-electron chi connectivity index (χ1n) is 3.23. The van der Waals surface area contributed by atoms with E-state index < -0.39 is 5.50 Å². The van der Waals surface area contributed by atoms with E-state index in [-0.39, 0.29) is 0 Å². The van der Waals surface area contributed by atoms with E-state index in [1.54, 1.807) is 18.3 Å². The highest BCUT2D eigenvalue weighted by Gasteiger charge is 2.21. The molecule has 4 heteroatoms. The van der Waals surface area contributed by atoms with Crippen LogP contribution in [0.25, 0.3) is 6.08 Å². The molecule has 0 saturated carbocycles. The Bertz CT molecular complexity index is 294. The summed E-state index contributed by atoms with van der Waals surface area (Å²) in [7, 11) is 0. The van der Waals surface area contributed by atoms with E-state index in [0.717, 1.165) is 11.3 Å². The largest absolute Gasteiger partial charge is 0.361 e. The minimum Gasteiger partial charge on any atom is -0.361 e. The molecule has 1 atom stereocenters. The van der Waals surface area contributed by atoms with Crippen LogP contribution in [0.4, 0.5) is 4.48 Å². The minimum atomic E-state index is -0.693. The molecule has 0 fully saturated rings. The number of nitrogens with zero attached hydrogens (tertiary/aromatic N) is 1. The molecular weight excluding hydrogens is 167 g/mol. The van der Waals surface area contributed by atoms with Crippen molar-refractivity contribution in [2.45, 2.75) is 5.50 Å². The zero-order valence-electron chi connectivity index (χ0n) is 5.59. The highest BCUT2D eigenvalue weighted by molar-refractivity contribution is 6.20. The second-order valence-corrected chi connectivity index (χ2v) is 2.76. The lowest BCUT2D eigenvalue weighted by molar-refractivity contribution is 0.0711. The SMILES string of the molecule is FN1C=Cc2[nH]ccc2C1Cl. The predicted octanol–water partition coefficient (Wildman–Crippen LogP) is 2.42. The van der Waals surface area contributed by atoms with Crippen LogP contribution in [0.15, 0.2) is 18.5 Å². The van der Waals surface area contributed by atoms with Crippen LogP contribution in [0.3, 0.4) is 0 Å². The van der Waals surface area contributed by atoms with E-state index in [4.69, 9.17) is 11.6 Å². The Balaban J connectivity index is 2.48. The van der Waals surface area contributed by atoms with Gasteiger partial charge in [-0.05, 0) is 12.1 Å². The smallest absolute Gasteiger partial charge is 0.161 e. The lowest BCUT2D eigenvalue weighted by atomic mass is 10.2. The van der Waals surface area contributed by atoms with Gasteiger partial charge in [0.2, 0.25) is 0 Å². The lowest BCUT2D eigenvalue weighted by Crippen LogP contribution is -2.12. The first-order chi connectivity index (χ1) is 5.29. The number of nitrogens with one attached hydrogen (secondary N) is 1. The molecule has 1 aliphatic heterocycles. The van der Waals surface area contributed by atoms with E-state index in [0.29, 0.717) is 5.12 Å². The van der Waals surface area contributed by atoms with E-state index >= 15 is 0 Å². The van der Waals surface area contributed by atoms with Crippen molar-refractivity contribution in [2.75, 3.05) is 0 Å². The molecule has 2 heterocycles. The Hall–Kier alpha value is -0.960. The van der Waals surface area contributed by atoms with Gasteiger partial charge in [-0.25, -0.2) is 0 Å². The molecule has 58 valence electrons. The quantitative estimate of drug-likeness (QED) is 0.362. The monoisotopic (exact) mass is 172 g/mol. The van der Waals surface area contributed by atoms with Crippen LogP contribution in [0.1, 0.15) is 16.8 Å². The standard InChI is InChI=1S/C7H6ClFN2/c8-7-5-1-3-10-6(5)2-4-11(7)9/h1-4,7,10H. The van der Waals surface area contributed by atoms with Crippen LogP contribution in [-0.2, 0) is 0 Å². The molecule has 2 nitrogen and oxygen atoms in total. The van der Waals surface area contributed by atoms with Crippen molar-refractivity contribution in [2.24, 2.45) is 0 Å². The van der Waals surface area contributed by atoms with Crippen LogP contribution in [0.5, 0.6) is 0 Å². The van der Waals surface area contributed by atoms with Crippen molar-refractivity contribution in [3.63, 3.8) is 0 Å². The predicted molar refractivity (Wildman–Crippen MR) is 41.4 cm³/mol. The van der Waals surface area contributed by atoms with Crippen LogP contribution in [0, 0.1) is 0 Å². The van der Waals surface area contributed by atoms with Crippen molar-refractivity contribution in [3.8, 4) is 0 Å². The fourth-order valence-corrected chi connectivity index (χ4v) is 1.36. The second kappa shape index (κ2) is 2.27. The third-order valence-corrected chi connectivity index (χ3v) is 2.09. The average Bonchev–Trinajstić information content (AvgIpc) is 2.45. The summed E-state index contributed by atoms with van der Waals surface area (Å²) in [6, 6.07) is 1.77. The first-order valence-corrected chi connectivity index (χ1v) is 3.66. The average molecular weight is 173 g/mol. The topological polar surface area (TPSA) is 19.0 Å². The Labute approximate surface area is 68.2 Å². The molecule has 0 amide bonds. The number of alkyl halides is 1. The number of fused-ring (bicyclic) bond motifs is 1. The van der Waals surface area contributed by atoms with Crippen molar-refractivity contribution in [1.29, 1.82) is 0 Å². The summed E-state index contributed by atoms with van der Waals surface area (Å²) in [5.74, 6) is 0. The molecule has 1 N–H and O–H groups in total. The number of rotatable bonds is 0. The lowest BCUT2D eigenvalue weighted by Gasteiger charge is -2.19. The van der Waals surface area contributed by atoms with Gasteiger partial charge in [0, 0.05) is 23.7 Å². The Morgan fingerprint density at radius 3 is 3.27 bits per heavy atom. The fourth-order valence-electron chi connectivity index (χ4n) is 1.10. The molecular formula is C7H6ClFN2. The molecule has 0 spiro atoms. The zero-order valence-corrected chi connectivity index (χ0v) is 6.35. The third kappa shape index (κ3) is 0.922. The van der Waals surface area contributed by atoms with Crippen molar-refractivity contribution < 1.29 is 4.48 Å². The molecule has 0 aliphatic carbocycles. The first kappa shape index (κ1) is 6.73. The van der Waals surface area contributed by atoms with Crippen molar-refractivity contribution in [3.05, 3.63) is 29.7 Å². The highest BCUT2D eigenvalue weighted by atomic mass is 35.5. The summed E-state index contributed by atoms with van der Waals surface area (Å²) >= 11 is 5.72. The summed E-state index contributed by atoms with van der Waals surface area (Å²) in [5, 5.41) is 0.470. The van der Waals surface area contributed by atoms with Gasteiger partial charge in [0.15, 0.2) is 5.50 Å². The summed E-state index contributed by atoms with van der Waals surface area (Å²) in [5.41, 5.74) is 0.955. The van der Waals surface area contributed by atoms with Gasteiger partial charge in [0.05, 0.1) is 0 Å². The number of aromatic nitrogens is 1. The molecule has 2 rings (SSSR count). The van der Waals surface area contributed by atoms with E-state index in [1.165, 1.54) is 6.20 Å². The molecule has 0 saturated heterocycles. The number of hydrogen-bond donors (Lipinski definition) is 1. The van der Waals surface area contributed by atoms with Gasteiger partial charge in [-0.2, -0.15) is 5.12 Å². The van der Waals surface area contributed by atoms with Crippen LogP contribution < -0.4 is 0 Å². The summed E-state index contributed by atoms with van der Waals surface area (Å²) in [6.45, 7) is 0. The number of hydrogen-bond acceptors (Lipinski definition) is 1. The van der Waals surface area contributed by atoms with Crippen LogP contribution in [0.2, 0.25) is 0 Å². The number of aromatic amines is 1. The summed E-state index contributed by atoms with van der Waals surface area (Å²) < 4.78 is 12.7. The second-order valence-electron chi connectivity index (χ2n) is 2.34.